The molecule has 5 heteroatoms. The predicted octanol–water partition coefficient (Wildman–Crippen LogP) is 4.81. The van der Waals surface area contributed by atoms with Crippen molar-refractivity contribution in [2.75, 3.05) is 18.5 Å². The smallest absolute Gasteiger partial charge is 0.256 e. The lowest BCUT2D eigenvalue weighted by molar-refractivity contribution is -0.143. The Morgan fingerprint density at radius 3 is 2.46 bits per heavy atom. The summed E-state index contributed by atoms with van der Waals surface area (Å²) in [5.41, 5.74) is 0.288. The summed E-state index contributed by atoms with van der Waals surface area (Å²) in [4.78, 5) is 13.1. The number of ether oxygens (including phenoxy) is 2. The van der Waals surface area contributed by atoms with E-state index < -0.39 is 5.60 Å². The van der Waals surface area contributed by atoms with Crippen LogP contribution < -0.4 is 10.1 Å². The molecule has 0 bridgehead atoms. The third kappa shape index (κ3) is 5.22. The molecule has 1 aromatic carbocycles. The lowest BCUT2D eigenvalue weighted by atomic mass is 9.92. The van der Waals surface area contributed by atoms with Crippen LogP contribution in [-0.2, 0) is 9.53 Å². The van der Waals surface area contributed by atoms with Crippen LogP contribution in [0.4, 0.5) is 5.69 Å². The number of nitriles is 1. The molecule has 2 rings (SSSR count). The molecule has 0 radical (unpaired) electrons. The third-order valence-corrected chi connectivity index (χ3v) is 4.73. The van der Waals surface area contributed by atoms with Gasteiger partial charge in [0.15, 0.2) is 0 Å². The first-order valence-corrected chi connectivity index (χ1v) is 9.77. The van der Waals surface area contributed by atoms with Gasteiger partial charge in [-0.2, -0.15) is 5.26 Å². The maximum Gasteiger partial charge on any atom is 0.256 e. The largest absolute Gasteiger partial charge is 0.492 e. The molecule has 0 heterocycles. The molecule has 0 atom stereocenters. The van der Waals surface area contributed by atoms with Gasteiger partial charge in [0.25, 0.3) is 5.91 Å². The number of carbonyl (C=O) groups is 1. The summed E-state index contributed by atoms with van der Waals surface area (Å²) in [6.45, 7) is 5.22. The minimum Gasteiger partial charge on any atom is -0.492 e. The van der Waals surface area contributed by atoms with Crippen molar-refractivity contribution >= 4 is 11.6 Å². The zero-order valence-electron chi connectivity index (χ0n) is 16.0. The summed E-state index contributed by atoms with van der Waals surface area (Å²) in [7, 11) is 0. The van der Waals surface area contributed by atoms with E-state index >= 15 is 0 Å². The first kappa shape index (κ1) is 20.3. The van der Waals surface area contributed by atoms with E-state index in [0.29, 0.717) is 30.2 Å². The van der Waals surface area contributed by atoms with Crippen molar-refractivity contribution in [3.8, 4) is 11.8 Å². The molecule has 1 N–H and O–H groups in total. The summed E-state index contributed by atoms with van der Waals surface area (Å²) in [5.74, 6) is 0.456. The highest BCUT2D eigenvalue weighted by Gasteiger charge is 2.39. The maximum atomic E-state index is 13.1. The van der Waals surface area contributed by atoms with E-state index in [1.807, 2.05) is 6.92 Å². The number of benzene rings is 1. The molecule has 1 fully saturated rings. The lowest BCUT2D eigenvalue weighted by Gasteiger charge is -2.31. The summed E-state index contributed by atoms with van der Waals surface area (Å²) < 4.78 is 11.6. The number of hydrogen-bond acceptors (Lipinski definition) is 4. The Labute approximate surface area is 156 Å². The van der Waals surface area contributed by atoms with Gasteiger partial charge >= 0.3 is 0 Å². The van der Waals surface area contributed by atoms with E-state index in [4.69, 9.17) is 9.47 Å². The normalized spacial score (nSPS) is 16.3. The third-order valence-electron chi connectivity index (χ3n) is 4.73. The lowest BCUT2D eigenvalue weighted by Crippen LogP contribution is -2.45. The molecular weight excluding hydrogens is 328 g/mol. The Kier molecular flexibility index (Phi) is 7.93. The number of nitrogens with zero attached hydrogens (tertiary/aromatic N) is 1. The van der Waals surface area contributed by atoms with Crippen LogP contribution in [0.15, 0.2) is 18.2 Å². The second kappa shape index (κ2) is 10.2. The van der Waals surface area contributed by atoms with Gasteiger partial charge in [-0.25, -0.2) is 0 Å². The highest BCUT2D eigenvalue weighted by molar-refractivity contribution is 5.97. The van der Waals surface area contributed by atoms with Gasteiger partial charge in [0.05, 0.1) is 12.2 Å². The average molecular weight is 358 g/mol. The Bertz CT molecular complexity index is 629. The van der Waals surface area contributed by atoms with E-state index in [0.717, 1.165) is 51.4 Å². The Hall–Kier alpha value is -2.06. The summed E-state index contributed by atoms with van der Waals surface area (Å²) in [6.07, 6.45) is 7.56. The first-order chi connectivity index (χ1) is 12.6. The molecule has 1 aliphatic rings. The van der Waals surface area contributed by atoms with Gasteiger partial charge in [0.1, 0.15) is 17.4 Å². The van der Waals surface area contributed by atoms with Crippen LogP contribution in [0.5, 0.6) is 5.75 Å². The number of carbonyl (C=O) groups excluding carboxylic acids is 1. The van der Waals surface area contributed by atoms with Gasteiger partial charge in [-0.1, -0.05) is 39.5 Å². The minimum atomic E-state index is -0.753. The molecule has 1 aliphatic carbocycles. The van der Waals surface area contributed by atoms with Crippen LogP contribution in [0.3, 0.4) is 0 Å². The Balaban J connectivity index is 2.16. The quantitative estimate of drug-likeness (QED) is 0.677. The number of hydrogen-bond donors (Lipinski definition) is 1. The van der Waals surface area contributed by atoms with Crippen molar-refractivity contribution in [2.45, 2.75) is 70.8 Å². The number of amides is 1. The summed E-state index contributed by atoms with van der Waals surface area (Å²) in [5, 5.41) is 12.3. The summed E-state index contributed by atoms with van der Waals surface area (Å²) >= 11 is 0. The molecule has 1 amide bonds. The molecule has 5 nitrogen and oxygen atoms in total. The highest BCUT2D eigenvalue weighted by atomic mass is 16.5. The van der Waals surface area contributed by atoms with E-state index in [9.17, 15) is 10.1 Å². The molecule has 0 saturated heterocycles. The minimum absolute atomic E-state index is 0.0982. The zero-order chi connectivity index (χ0) is 18.8. The molecule has 26 heavy (non-hydrogen) atoms. The molecule has 0 aliphatic heterocycles. The Morgan fingerprint density at radius 2 is 1.85 bits per heavy atom. The van der Waals surface area contributed by atoms with Gasteiger partial charge in [-0.3, -0.25) is 4.79 Å². The first-order valence-electron chi connectivity index (χ1n) is 9.77. The van der Waals surface area contributed by atoms with Crippen LogP contribution in [0.2, 0.25) is 0 Å². The molecule has 1 saturated carbocycles. The molecule has 142 valence electrons. The van der Waals surface area contributed by atoms with Gasteiger partial charge in [-0.15, -0.1) is 0 Å². The fourth-order valence-electron chi connectivity index (χ4n) is 3.31. The molecular formula is C21H30N2O3. The van der Waals surface area contributed by atoms with Gasteiger partial charge < -0.3 is 14.8 Å². The highest BCUT2D eigenvalue weighted by Crippen LogP contribution is 2.32. The second-order valence-corrected chi connectivity index (χ2v) is 6.88. The van der Waals surface area contributed by atoms with E-state index in [1.165, 1.54) is 0 Å². The molecule has 0 aromatic heterocycles. The van der Waals surface area contributed by atoms with E-state index in [1.54, 1.807) is 18.2 Å². The average Bonchev–Trinajstić information content (AvgIpc) is 2.91. The van der Waals surface area contributed by atoms with Crippen molar-refractivity contribution in [1.82, 2.24) is 0 Å². The van der Waals surface area contributed by atoms with Crippen LogP contribution in [0, 0.1) is 11.3 Å². The monoisotopic (exact) mass is 358 g/mol. The SMILES string of the molecule is CCCOc1ccc(NC(=O)C2(OCCC)CCCCCC2)cc1C#N. The number of nitrogens with one attached hydrogen (secondary N) is 1. The summed E-state index contributed by atoms with van der Waals surface area (Å²) in [6, 6.07) is 7.35. The maximum absolute atomic E-state index is 13.1. The van der Waals surface area contributed by atoms with E-state index in [-0.39, 0.29) is 5.91 Å². The molecule has 0 unspecified atom stereocenters. The van der Waals surface area contributed by atoms with Crippen LogP contribution in [0.25, 0.3) is 0 Å². The van der Waals surface area contributed by atoms with Crippen molar-refractivity contribution < 1.29 is 14.3 Å². The topological polar surface area (TPSA) is 71.3 Å². The van der Waals surface area contributed by atoms with Gasteiger partial charge in [-0.05, 0) is 43.9 Å². The van der Waals surface area contributed by atoms with Crippen LogP contribution in [0.1, 0.15) is 70.8 Å². The van der Waals surface area contributed by atoms with Crippen molar-refractivity contribution in [3.05, 3.63) is 23.8 Å². The van der Waals surface area contributed by atoms with Crippen LogP contribution >= 0.6 is 0 Å². The Morgan fingerprint density at radius 1 is 1.15 bits per heavy atom. The van der Waals surface area contributed by atoms with Crippen molar-refractivity contribution in [2.24, 2.45) is 0 Å². The predicted molar refractivity (Wildman–Crippen MR) is 102 cm³/mol. The van der Waals surface area contributed by atoms with Crippen molar-refractivity contribution in [3.63, 3.8) is 0 Å². The van der Waals surface area contributed by atoms with Crippen molar-refractivity contribution in [1.29, 1.82) is 5.26 Å². The second-order valence-electron chi connectivity index (χ2n) is 6.88. The zero-order valence-corrected chi connectivity index (χ0v) is 16.0. The fraction of sp³-hybridized carbons (Fsp3) is 0.619. The van der Waals surface area contributed by atoms with Gasteiger partial charge in [0.2, 0.25) is 0 Å². The molecule has 0 spiro atoms. The number of rotatable bonds is 8. The molecule has 1 aromatic rings. The van der Waals surface area contributed by atoms with Gasteiger partial charge in [0, 0.05) is 12.3 Å². The standard InChI is InChI=1S/C21H30N2O3/c1-3-13-25-19-10-9-18(15-17(19)16-22)23-20(24)21(26-14-4-2)11-7-5-6-8-12-21/h9-10,15H,3-8,11-14H2,1-2H3,(H,23,24). The van der Waals surface area contributed by atoms with E-state index in [2.05, 4.69) is 18.3 Å². The van der Waals surface area contributed by atoms with Crippen LogP contribution in [-0.4, -0.2) is 24.7 Å². The fourth-order valence-corrected chi connectivity index (χ4v) is 3.31. The number of anilines is 1.